The average Bonchev–Trinajstić information content (AvgIpc) is 0.764. The highest BCUT2D eigenvalue weighted by molar-refractivity contribution is 6.32. The van der Waals surface area contributed by atoms with E-state index in [1.165, 1.54) is 42.9 Å². The van der Waals surface area contributed by atoms with Gasteiger partial charge in [0.15, 0.2) is 29.9 Å². The second kappa shape index (κ2) is 39.6. The van der Waals surface area contributed by atoms with Gasteiger partial charge in [0.1, 0.15) is 101 Å². The van der Waals surface area contributed by atoms with E-state index in [0.717, 1.165) is 79.6 Å². The van der Waals surface area contributed by atoms with Crippen molar-refractivity contribution in [2.45, 2.75) is 189 Å². The van der Waals surface area contributed by atoms with Crippen molar-refractivity contribution in [3.05, 3.63) is 169 Å². The fourth-order valence-electron chi connectivity index (χ4n) is 15.2. The summed E-state index contributed by atoms with van der Waals surface area (Å²) in [7, 11) is 1.47. The highest BCUT2D eigenvalue weighted by Crippen LogP contribution is 2.50. The number of hydrogen-bond donors (Lipinski definition) is 20. The van der Waals surface area contributed by atoms with Crippen LogP contribution in [0.5, 0.6) is 51.7 Å². The van der Waals surface area contributed by atoms with Crippen LogP contribution >= 0.6 is 23.2 Å². The monoisotopic (exact) mass is 1770 g/mol. The van der Waals surface area contributed by atoms with Gasteiger partial charge in [-0.05, 0) is 140 Å². The van der Waals surface area contributed by atoms with E-state index in [0.29, 0.717) is 17.9 Å². The smallest absolute Gasteiger partial charge is 0.349 e. The molecule has 6 aromatic carbocycles. The lowest BCUT2D eigenvalue weighted by Gasteiger charge is -2.48. The number of phenolic OH excluding ortho intramolecular Hbond substituents is 3. The molecule has 7 aliphatic heterocycles. The SMILES string of the molecule is CCCCOc1ccc(CC(=O)Nc2ccn(CCN[C@]3(C)C[C@H](O[C@H]4C(Oc5c6cc7cc5Oc5ccc(cc5Cl)[C@@H](O)[C@H]5NC(=O)[C@@H](NC(=O)C7NC(=O)[C@H](CC(N)=O)NC(=O)[C@H](NC(=O)[C@H](CC(C)C)NC)[C@H](O)c7ccc(c(Cl)c7)O6)c6ccc(O)c(c6)-c6c(O)cc(O)cc6[C@H](C(=O)O)NC5=O)O[C@@H](CO)[C@@H](O)[C@H]4O)O[C@H](C)[C@@H]3O)c(=O)n2)cc1. The third kappa shape index (κ3) is 21.2. The van der Waals surface area contributed by atoms with Gasteiger partial charge in [0.25, 0.3) is 0 Å². The van der Waals surface area contributed by atoms with Crippen LogP contribution in [0.3, 0.4) is 0 Å². The number of carbonyl (C=O) groups excluding carboxylic acids is 8. The first-order valence-electron chi connectivity index (χ1n) is 39.9. The third-order valence-corrected chi connectivity index (χ3v) is 22.4. The van der Waals surface area contributed by atoms with Gasteiger partial charge in [-0.15, -0.1) is 0 Å². The number of nitrogens with one attached hydrogen (secondary N) is 9. The normalized spacial score (nSPS) is 25.9. The van der Waals surface area contributed by atoms with Crippen LogP contribution in [-0.2, 0) is 70.3 Å². The minimum atomic E-state index is -2.40. The molecule has 21 N–H and O–H groups in total. The van der Waals surface area contributed by atoms with Gasteiger partial charge in [-0.3, -0.25) is 42.9 Å². The number of primary amides is 1. The zero-order valence-electron chi connectivity index (χ0n) is 68.1. The molecular formula is C84H96Cl2N12O27. The van der Waals surface area contributed by atoms with Crippen LogP contribution in [0.4, 0.5) is 5.82 Å². The van der Waals surface area contributed by atoms with Crippen LogP contribution in [0, 0.1) is 5.92 Å². The van der Waals surface area contributed by atoms with Crippen LogP contribution in [0.15, 0.2) is 120 Å². The Bertz CT molecular complexity index is 5300. The topological polar surface area (TPSA) is 590 Å². The molecular weight excluding hydrogens is 1680 g/mol. The number of carboxylic acids is 1. The number of rotatable bonds is 24. The van der Waals surface area contributed by atoms with E-state index >= 15 is 14.4 Å². The maximum absolute atomic E-state index is 16.2. The van der Waals surface area contributed by atoms with Gasteiger partial charge >= 0.3 is 11.7 Å². The number of benzene rings is 6. The van der Waals surface area contributed by atoms with E-state index in [9.17, 15) is 84.6 Å². The van der Waals surface area contributed by atoms with E-state index in [4.69, 9.17) is 62.1 Å². The molecule has 39 nitrogen and oxygen atoms in total. The lowest BCUT2D eigenvalue weighted by Crippen LogP contribution is -2.65. The van der Waals surface area contributed by atoms with Gasteiger partial charge in [-0.2, -0.15) is 4.98 Å². The summed E-state index contributed by atoms with van der Waals surface area (Å²) >= 11 is 14.3. The van der Waals surface area contributed by atoms with Crippen molar-refractivity contribution in [1.29, 1.82) is 0 Å². The van der Waals surface area contributed by atoms with Crippen molar-refractivity contribution in [3.8, 4) is 62.9 Å². The number of ether oxygens (including phenoxy) is 7. The summed E-state index contributed by atoms with van der Waals surface area (Å²) in [6, 6.07) is 7.40. The minimum absolute atomic E-state index is 0.0116. The maximum atomic E-state index is 16.2. The lowest BCUT2D eigenvalue weighted by molar-refractivity contribution is -0.334. The quantitative estimate of drug-likeness (QED) is 0.0386. The number of aromatic hydroxyl groups is 3. The summed E-state index contributed by atoms with van der Waals surface area (Å²) in [6.45, 7) is 8.23. The molecule has 668 valence electrons. The third-order valence-electron chi connectivity index (χ3n) is 21.8. The number of nitrogens with zero attached hydrogens (tertiary/aromatic N) is 2. The zero-order chi connectivity index (χ0) is 90.3. The molecule has 41 heteroatoms. The van der Waals surface area contributed by atoms with E-state index in [1.807, 2.05) is 20.8 Å². The Morgan fingerprint density at radius 3 is 2.00 bits per heavy atom. The number of carbonyl (C=O) groups is 9. The van der Waals surface area contributed by atoms with E-state index in [2.05, 4.69) is 52.8 Å². The molecule has 8 heterocycles. The van der Waals surface area contributed by atoms with Crippen molar-refractivity contribution in [3.63, 3.8) is 0 Å². The number of nitrogens with two attached hydrogens (primary N) is 1. The van der Waals surface area contributed by atoms with Crippen LogP contribution < -0.4 is 78.2 Å². The molecule has 11 bridgehead atoms. The van der Waals surface area contributed by atoms with Gasteiger partial charge in [-0.1, -0.05) is 80.7 Å². The molecule has 2 unspecified atom stereocenters. The van der Waals surface area contributed by atoms with E-state index < -0.39 is 254 Å². The van der Waals surface area contributed by atoms with Crippen molar-refractivity contribution >= 4 is 82.2 Å². The molecule has 1 aromatic heterocycles. The molecule has 0 aliphatic carbocycles. The van der Waals surface area contributed by atoms with Crippen molar-refractivity contribution in [2.24, 2.45) is 11.7 Å². The second-order valence-electron chi connectivity index (χ2n) is 31.4. The number of fused-ring (bicyclic) bond motifs is 15. The maximum Gasteiger partial charge on any atom is 0.349 e. The average molecular weight is 1780 g/mol. The first kappa shape index (κ1) is 92.4. The van der Waals surface area contributed by atoms with Crippen LogP contribution in [0.2, 0.25) is 10.0 Å². The number of anilines is 1. The molecule has 0 saturated carbocycles. The number of unbranched alkanes of at least 4 members (excludes halogenated alkanes) is 1. The van der Waals surface area contributed by atoms with Crippen molar-refractivity contribution in [1.82, 2.24) is 52.1 Å². The highest BCUT2D eigenvalue weighted by atomic mass is 35.5. The minimum Gasteiger partial charge on any atom is -0.508 e. The van der Waals surface area contributed by atoms with E-state index in [-0.39, 0.29) is 66.5 Å². The summed E-state index contributed by atoms with van der Waals surface area (Å²) in [5.41, 5.74) is 1.34. The Kier molecular flexibility index (Phi) is 29.2. The molecule has 18 atom stereocenters. The first-order valence-corrected chi connectivity index (χ1v) is 40.7. The molecule has 125 heavy (non-hydrogen) atoms. The van der Waals surface area contributed by atoms with E-state index in [1.54, 1.807) is 31.2 Å². The van der Waals surface area contributed by atoms with Crippen LogP contribution in [0.25, 0.3) is 11.1 Å². The number of aliphatic carboxylic acids is 1. The molecule has 14 rings (SSSR count). The molecule has 2 saturated heterocycles. The second-order valence-corrected chi connectivity index (χ2v) is 32.2. The molecule has 2 fully saturated rings. The van der Waals surface area contributed by atoms with Gasteiger partial charge in [-0.25, -0.2) is 9.59 Å². The summed E-state index contributed by atoms with van der Waals surface area (Å²) in [5, 5.41) is 139. The van der Waals surface area contributed by atoms with Gasteiger partial charge < -0.3 is 138 Å². The predicted molar refractivity (Wildman–Crippen MR) is 441 cm³/mol. The zero-order valence-corrected chi connectivity index (χ0v) is 69.6. The number of amides is 8. The van der Waals surface area contributed by atoms with Gasteiger partial charge in [0, 0.05) is 54.0 Å². The number of hydrogen-bond acceptors (Lipinski definition) is 29. The Hall–Kier alpha value is -11.8. The summed E-state index contributed by atoms with van der Waals surface area (Å²) < 4.78 is 46.3. The summed E-state index contributed by atoms with van der Waals surface area (Å²) in [5.74, 6) is -16.2. The Balaban J connectivity index is 0.969. The number of carboxylic acid groups (broad SMARTS) is 1. The summed E-state index contributed by atoms with van der Waals surface area (Å²) in [6.07, 6.45) is -16.3. The number of phenols is 3. The predicted octanol–water partition coefficient (Wildman–Crippen LogP) is 2.35. The Labute approximate surface area is 723 Å². The fraction of sp³-hybridized carbons (Fsp3) is 0.417. The van der Waals surface area contributed by atoms with Crippen molar-refractivity contribution in [2.75, 3.05) is 32.1 Å². The standard InChI is InChI=1S/C84H96Cl2N12O27/c1-7-8-23-119-44-14-9-38(10-15-44)25-60(104)91-59-19-21-98(83(118)92-59)22-20-89-84(5)34-61(120-37(4)74(84)109)124-73-71(108)70(107)57(35-99)123-82(73)125-72-55-29-42-30-56(72)122-54-18-13-41(28-48(54)86)69(106)67-80(115)95-65(81(116)117)46-31-43(100)32-52(102)62(46)45-26-39(11-16-51(45)101)63(77(112)97-67)94-78(113)64(42)93-76(111)50(33-58(87)103)90-79(114)66(96-75(110)49(88-6)24-36(2)3)68(105)40-12-17-53(121-55)47(85)27-40/h9-19,21,26-32,36-37,49-50,57,61,63-71,73-74,82,88-89,99-102,105-109H,7-8,20,22-25,33-35H2,1-6H3,(H2,87,103)(H,90,114)(H,93,111)(H,94,113)(H,95,115)(H,96,110)(H,97,112)(H,116,117)(H,91,92,104,118)/t37-,49+,50+,57+,61+,63+,64?,65-,66-,67-,68-,69-,70-,71-,73-,74+,82?,84-/m1/s1. The van der Waals surface area contributed by atoms with Gasteiger partial charge in [0.05, 0.1) is 54.4 Å². The lowest BCUT2D eigenvalue weighted by atomic mass is 9.85. The van der Waals surface area contributed by atoms with Crippen molar-refractivity contribution < 1.29 is 127 Å². The number of aliphatic hydroxyl groups excluding tert-OH is 6. The largest absolute Gasteiger partial charge is 0.508 e. The van der Waals surface area contributed by atoms with Crippen LogP contribution in [0.1, 0.15) is 130 Å². The Morgan fingerprint density at radius 1 is 0.728 bits per heavy atom. The van der Waals surface area contributed by atoms with Crippen LogP contribution in [-0.4, -0.2) is 220 Å². The molecule has 7 aromatic rings. The van der Waals surface area contributed by atoms with Gasteiger partial charge in [0.2, 0.25) is 59.3 Å². The number of likely N-dealkylation sites (N-methyl/N-ethyl adjacent to an activating group) is 1. The Morgan fingerprint density at radius 2 is 1.38 bits per heavy atom. The fourth-order valence-corrected chi connectivity index (χ4v) is 15.6. The number of halogens is 2. The number of aromatic nitrogens is 2. The molecule has 0 radical (unpaired) electrons. The summed E-state index contributed by atoms with van der Waals surface area (Å²) in [4.78, 5) is 149. The number of aliphatic hydroxyl groups is 6. The first-order chi connectivity index (χ1) is 59.4. The highest BCUT2D eigenvalue weighted by Gasteiger charge is 2.52. The molecule has 7 aliphatic rings. The molecule has 0 spiro atoms. The molecule has 8 amide bonds.